The maximum Gasteiger partial charge on any atom is 0.156 e. The minimum Gasteiger partial charge on any atom is -0.409 e. The molecule has 0 aromatic rings. The topological polar surface area (TPSA) is 73.9 Å². The van der Waals surface area contributed by atoms with Crippen LogP contribution in [-0.4, -0.2) is 48.2 Å². The Morgan fingerprint density at radius 1 is 1.62 bits per heavy atom. The molecule has 5 nitrogen and oxygen atoms in total. The predicted octanol–water partition coefficient (Wildman–Crippen LogP) is -0.583. The lowest BCUT2D eigenvalue weighted by Crippen LogP contribution is -2.52. The van der Waals surface area contributed by atoms with E-state index in [0.717, 1.165) is 32.6 Å². The number of rotatable bonds is 3. The van der Waals surface area contributed by atoms with E-state index in [2.05, 4.69) is 15.4 Å². The van der Waals surface area contributed by atoms with Gasteiger partial charge in [-0.25, -0.2) is 0 Å². The molecule has 1 unspecified atom stereocenters. The number of nitrogens with one attached hydrogen (secondary N) is 1. The first-order valence-corrected chi connectivity index (χ1v) is 4.71. The first-order valence-electron chi connectivity index (χ1n) is 4.71. The Morgan fingerprint density at radius 2 is 2.23 bits per heavy atom. The normalized spacial score (nSPS) is 23.0. The summed E-state index contributed by atoms with van der Waals surface area (Å²) in [5.41, 5.74) is 5.60. The summed E-state index contributed by atoms with van der Waals surface area (Å²) in [7, 11) is 0. The van der Waals surface area contributed by atoms with Crippen molar-refractivity contribution >= 4 is 5.84 Å². The zero-order valence-corrected chi connectivity index (χ0v) is 8.03. The van der Waals surface area contributed by atoms with Gasteiger partial charge in [0.2, 0.25) is 0 Å². The predicted molar refractivity (Wildman–Crippen MR) is 51.9 cm³/mol. The van der Waals surface area contributed by atoms with Crippen molar-refractivity contribution in [2.45, 2.75) is 19.4 Å². The van der Waals surface area contributed by atoms with Gasteiger partial charge in [-0.15, -0.1) is 0 Å². The lowest BCUT2D eigenvalue weighted by Gasteiger charge is -2.33. The third-order valence-corrected chi connectivity index (χ3v) is 2.44. The van der Waals surface area contributed by atoms with Crippen molar-refractivity contribution in [3.8, 4) is 0 Å². The molecule has 1 atom stereocenters. The molecule has 0 bridgehead atoms. The van der Waals surface area contributed by atoms with E-state index in [4.69, 9.17) is 10.9 Å². The van der Waals surface area contributed by atoms with E-state index in [9.17, 15) is 0 Å². The SMILES string of the molecule is CCC(C(N)=NO)N1CCNCC1. The van der Waals surface area contributed by atoms with Crippen molar-refractivity contribution in [2.75, 3.05) is 26.2 Å². The number of nitrogens with zero attached hydrogens (tertiary/aromatic N) is 2. The molecule has 4 N–H and O–H groups in total. The fourth-order valence-corrected chi connectivity index (χ4v) is 1.71. The summed E-state index contributed by atoms with van der Waals surface area (Å²) in [6, 6.07) is 0.0899. The van der Waals surface area contributed by atoms with E-state index in [-0.39, 0.29) is 6.04 Å². The van der Waals surface area contributed by atoms with Crippen LogP contribution in [0.3, 0.4) is 0 Å². The summed E-state index contributed by atoms with van der Waals surface area (Å²) in [6.07, 6.45) is 0.885. The van der Waals surface area contributed by atoms with E-state index in [0.29, 0.717) is 5.84 Å². The number of hydrogen-bond acceptors (Lipinski definition) is 4. The molecular formula is C8H18N4O. The Morgan fingerprint density at radius 3 is 2.69 bits per heavy atom. The van der Waals surface area contributed by atoms with Gasteiger partial charge in [0.25, 0.3) is 0 Å². The second-order valence-corrected chi connectivity index (χ2v) is 3.23. The lowest BCUT2D eigenvalue weighted by atomic mass is 10.1. The highest BCUT2D eigenvalue weighted by Crippen LogP contribution is 2.05. The molecule has 1 saturated heterocycles. The van der Waals surface area contributed by atoms with Crippen molar-refractivity contribution in [1.82, 2.24) is 10.2 Å². The van der Waals surface area contributed by atoms with Crippen molar-refractivity contribution < 1.29 is 5.21 Å². The minimum atomic E-state index is 0.0899. The van der Waals surface area contributed by atoms with Crippen LogP contribution < -0.4 is 11.1 Å². The van der Waals surface area contributed by atoms with E-state index >= 15 is 0 Å². The Balaban J connectivity index is 2.53. The number of hydrogen-bond donors (Lipinski definition) is 3. The molecule has 76 valence electrons. The fraction of sp³-hybridized carbons (Fsp3) is 0.875. The van der Waals surface area contributed by atoms with Crippen LogP contribution in [0.15, 0.2) is 5.16 Å². The van der Waals surface area contributed by atoms with Gasteiger partial charge in [0, 0.05) is 26.2 Å². The molecule has 1 aliphatic heterocycles. The Hall–Kier alpha value is -0.810. The number of amidine groups is 1. The second-order valence-electron chi connectivity index (χ2n) is 3.23. The van der Waals surface area contributed by atoms with Crippen LogP contribution in [0.1, 0.15) is 13.3 Å². The van der Waals surface area contributed by atoms with Crippen molar-refractivity contribution in [3.05, 3.63) is 0 Å². The van der Waals surface area contributed by atoms with E-state index in [1.165, 1.54) is 0 Å². The van der Waals surface area contributed by atoms with Crippen LogP contribution in [0.5, 0.6) is 0 Å². The third-order valence-electron chi connectivity index (χ3n) is 2.44. The monoisotopic (exact) mass is 186 g/mol. The molecule has 13 heavy (non-hydrogen) atoms. The molecule has 5 heteroatoms. The van der Waals surface area contributed by atoms with Crippen LogP contribution in [0.4, 0.5) is 0 Å². The Labute approximate surface area is 78.6 Å². The summed E-state index contributed by atoms with van der Waals surface area (Å²) in [5.74, 6) is 0.324. The highest BCUT2D eigenvalue weighted by molar-refractivity contribution is 5.85. The van der Waals surface area contributed by atoms with Crippen LogP contribution in [0.2, 0.25) is 0 Å². The fourth-order valence-electron chi connectivity index (χ4n) is 1.71. The van der Waals surface area contributed by atoms with Gasteiger partial charge in [0.1, 0.15) is 0 Å². The van der Waals surface area contributed by atoms with Crippen LogP contribution in [0, 0.1) is 0 Å². The maximum atomic E-state index is 8.59. The van der Waals surface area contributed by atoms with Crippen molar-refractivity contribution in [1.29, 1.82) is 0 Å². The van der Waals surface area contributed by atoms with Gasteiger partial charge in [-0.2, -0.15) is 0 Å². The molecule has 1 rings (SSSR count). The highest BCUT2D eigenvalue weighted by atomic mass is 16.4. The molecule has 0 amide bonds. The van der Waals surface area contributed by atoms with Crippen molar-refractivity contribution in [2.24, 2.45) is 10.9 Å². The zero-order valence-electron chi connectivity index (χ0n) is 8.03. The van der Waals surface area contributed by atoms with Crippen LogP contribution >= 0.6 is 0 Å². The zero-order chi connectivity index (χ0) is 9.68. The van der Waals surface area contributed by atoms with Gasteiger partial charge in [0.05, 0.1) is 6.04 Å². The molecule has 0 aromatic heterocycles. The van der Waals surface area contributed by atoms with E-state index in [1.54, 1.807) is 0 Å². The van der Waals surface area contributed by atoms with Gasteiger partial charge >= 0.3 is 0 Å². The number of piperazine rings is 1. The lowest BCUT2D eigenvalue weighted by molar-refractivity contribution is 0.203. The van der Waals surface area contributed by atoms with Crippen LogP contribution in [-0.2, 0) is 0 Å². The summed E-state index contributed by atoms with van der Waals surface area (Å²) in [6.45, 7) is 5.94. The molecule has 0 radical (unpaired) electrons. The van der Waals surface area contributed by atoms with Gasteiger partial charge in [-0.3, -0.25) is 4.90 Å². The molecule has 0 spiro atoms. The first-order chi connectivity index (χ1) is 6.29. The average Bonchev–Trinajstić information content (AvgIpc) is 2.20. The summed E-state index contributed by atoms with van der Waals surface area (Å²) in [4.78, 5) is 2.24. The summed E-state index contributed by atoms with van der Waals surface area (Å²) in [5, 5.41) is 14.9. The molecule has 0 aliphatic carbocycles. The first kappa shape index (κ1) is 10.3. The standard InChI is InChI=1S/C8H18N4O/c1-2-7(8(9)11-13)12-5-3-10-4-6-12/h7,10,13H,2-6H2,1H3,(H2,9,11). The quantitative estimate of drug-likeness (QED) is 0.238. The minimum absolute atomic E-state index is 0.0899. The molecule has 1 aliphatic rings. The average molecular weight is 186 g/mol. The second kappa shape index (κ2) is 5.04. The summed E-state index contributed by atoms with van der Waals surface area (Å²) < 4.78 is 0. The smallest absolute Gasteiger partial charge is 0.156 e. The number of nitrogens with two attached hydrogens (primary N) is 1. The van der Waals surface area contributed by atoms with Crippen LogP contribution in [0.25, 0.3) is 0 Å². The van der Waals surface area contributed by atoms with E-state index < -0.39 is 0 Å². The largest absolute Gasteiger partial charge is 0.409 e. The molecular weight excluding hydrogens is 168 g/mol. The number of oxime groups is 1. The Bertz CT molecular complexity index is 177. The van der Waals surface area contributed by atoms with Gasteiger partial charge < -0.3 is 16.3 Å². The molecule has 1 fully saturated rings. The molecule has 0 aromatic carbocycles. The maximum absolute atomic E-state index is 8.59. The summed E-state index contributed by atoms with van der Waals surface area (Å²) >= 11 is 0. The van der Waals surface area contributed by atoms with Crippen molar-refractivity contribution in [3.63, 3.8) is 0 Å². The molecule has 1 heterocycles. The van der Waals surface area contributed by atoms with E-state index in [1.807, 2.05) is 6.92 Å². The molecule has 0 saturated carbocycles. The Kier molecular flexibility index (Phi) is 3.98. The van der Waals surface area contributed by atoms with Gasteiger partial charge in [-0.05, 0) is 6.42 Å². The van der Waals surface area contributed by atoms with Gasteiger partial charge in [-0.1, -0.05) is 12.1 Å². The highest BCUT2D eigenvalue weighted by Gasteiger charge is 2.21. The van der Waals surface area contributed by atoms with Gasteiger partial charge in [0.15, 0.2) is 5.84 Å². The third kappa shape index (κ3) is 2.57.